The highest BCUT2D eigenvalue weighted by atomic mass is 32.2. The number of hydrogen-bond donors (Lipinski definition) is 1. The predicted molar refractivity (Wildman–Crippen MR) is 115 cm³/mol. The number of ether oxygens (including phenoxy) is 2. The molecule has 0 bridgehead atoms. The van der Waals surface area contributed by atoms with Crippen LogP contribution in [0.5, 0.6) is 5.75 Å². The monoisotopic (exact) mass is 500 g/mol. The summed E-state index contributed by atoms with van der Waals surface area (Å²) in [5.74, 6) is -4.30. The summed E-state index contributed by atoms with van der Waals surface area (Å²) >= 11 is 0.716. The van der Waals surface area contributed by atoms with Crippen molar-refractivity contribution in [2.75, 3.05) is 13.7 Å². The number of amides is 1. The van der Waals surface area contributed by atoms with Crippen LogP contribution in [-0.2, 0) is 15.7 Å². The lowest BCUT2D eigenvalue weighted by Crippen LogP contribution is -2.29. The highest BCUT2D eigenvalue weighted by Gasteiger charge is 2.41. The molecule has 0 saturated heterocycles. The van der Waals surface area contributed by atoms with E-state index in [1.807, 2.05) is 0 Å². The van der Waals surface area contributed by atoms with Crippen molar-refractivity contribution in [3.05, 3.63) is 77.4 Å². The van der Waals surface area contributed by atoms with Crippen LogP contribution in [0.4, 0.5) is 22.0 Å². The minimum absolute atomic E-state index is 0.0298. The summed E-state index contributed by atoms with van der Waals surface area (Å²) < 4.78 is 78.1. The van der Waals surface area contributed by atoms with Gasteiger partial charge in [0.1, 0.15) is 29.6 Å². The molecule has 180 valence electrons. The minimum Gasteiger partial charge on any atom is -0.489 e. The molecule has 1 heterocycles. The molecule has 34 heavy (non-hydrogen) atoms. The number of methoxy groups -OCH3 is 1. The summed E-state index contributed by atoms with van der Waals surface area (Å²) in [6.45, 7) is 3.46. The van der Waals surface area contributed by atoms with Crippen LogP contribution >= 0.6 is 11.8 Å². The molecule has 1 aliphatic heterocycles. The van der Waals surface area contributed by atoms with Gasteiger partial charge in [-0.25, -0.2) is 18.6 Å². The maximum atomic E-state index is 14.0. The van der Waals surface area contributed by atoms with Crippen molar-refractivity contribution in [2.45, 2.75) is 17.5 Å². The van der Waals surface area contributed by atoms with Gasteiger partial charge in [0, 0.05) is 5.56 Å². The van der Waals surface area contributed by atoms with Crippen molar-refractivity contribution < 1.29 is 41.0 Å². The number of amidine groups is 1. The fraction of sp³-hybridized carbons (Fsp3) is 0.227. The molecule has 0 aromatic heterocycles. The van der Waals surface area contributed by atoms with Gasteiger partial charge in [0.15, 0.2) is 11.2 Å². The quantitative estimate of drug-likeness (QED) is 0.355. The number of thioether (sulfide) groups is 1. The number of carbonyl (C=O) groups is 2. The van der Waals surface area contributed by atoms with Crippen molar-refractivity contribution in [3.8, 4) is 5.75 Å². The molecule has 1 amide bonds. The normalized spacial score (nSPS) is 17.6. The third-order valence-electron chi connectivity index (χ3n) is 4.63. The molecule has 0 spiro atoms. The molecule has 0 radical (unpaired) electrons. The van der Waals surface area contributed by atoms with Gasteiger partial charge in [-0.1, -0.05) is 30.5 Å². The Hall–Kier alpha value is -3.41. The molecule has 3 rings (SSSR count). The number of aliphatic imine (C=N–C) groups is 1. The molecular formula is C22H17F5N2O4S. The van der Waals surface area contributed by atoms with Gasteiger partial charge >= 0.3 is 12.1 Å². The number of benzene rings is 2. The molecule has 0 saturated carbocycles. The summed E-state index contributed by atoms with van der Waals surface area (Å²) in [4.78, 5) is 28.8. The summed E-state index contributed by atoms with van der Waals surface area (Å²) in [7, 11) is 1.06. The second-order valence-electron chi connectivity index (χ2n) is 6.84. The molecule has 12 heteroatoms. The molecular weight excluding hydrogens is 483 g/mol. The van der Waals surface area contributed by atoms with Gasteiger partial charge in [-0.05, 0) is 30.3 Å². The molecule has 2 aromatic carbocycles. The Morgan fingerprint density at radius 1 is 1.21 bits per heavy atom. The summed E-state index contributed by atoms with van der Waals surface area (Å²) in [5.41, 5.74) is -1.91. The van der Waals surface area contributed by atoms with Crippen LogP contribution in [0.2, 0.25) is 0 Å². The largest absolute Gasteiger partial charge is 0.489 e. The standard InChI is InChI=1S/C22H17F5N2O4S/c1-3-9-33-15-8-7-11(22(25,26)27)10-12(15)18-17(20(31)32-2)28-21(34-18)29-19(30)16-13(23)5-4-6-14(16)24/h3-8,10,17-18H,1,9H2,2H3,(H,28,29,30). The van der Waals surface area contributed by atoms with E-state index in [9.17, 15) is 31.5 Å². The van der Waals surface area contributed by atoms with Gasteiger partial charge in [0.05, 0.1) is 17.9 Å². The lowest BCUT2D eigenvalue weighted by molar-refractivity contribution is -0.142. The molecule has 0 aliphatic carbocycles. The number of rotatable bonds is 6. The van der Waals surface area contributed by atoms with E-state index in [1.165, 1.54) is 6.08 Å². The SMILES string of the molecule is C=CCOc1ccc(C(F)(F)F)cc1C1SC(NC(=O)c2c(F)cccc2F)=NC1C(=O)OC. The lowest BCUT2D eigenvalue weighted by Gasteiger charge is -2.20. The van der Waals surface area contributed by atoms with Crippen molar-refractivity contribution in [2.24, 2.45) is 4.99 Å². The van der Waals surface area contributed by atoms with Crippen molar-refractivity contribution >= 4 is 28.8 Å². The van der Waals surface area contributed by atoms with E-state index in [-0.39, 0.29) is 23.1 Å². The van der Waals surface area contributed by atoms with Gasteiger partial charge in [0.2, 0.25) is 0 Å². The highest BCUT2D eigenvalue weighted by molar-refractivity contribution is 8.14. The zero-order valence-corrected chi connectivity index (χ0v) is 18.3. The first kappa shape index (κ1) is 25.2. The Kier molecular flexibility index (Phi) is 7.60. The fourth-order valence-electron chi connectivity index (χ4n) is 3.10. The van der Waals surface area contributed by atoms with E-state index in [2.05, 4.69) is 16.9 Å². The smallest absolute Gasteiger partial charge is 0.416 e. The number of carbonyl (C=O) groups excluding carboxylic acids is 2. The third-order valence-corrected chi connectivity index (χ3v) is 5.83. The maximum Gasteiger partial charge on any atom is 0.416 e. The van der Waals surface area contributed by atoms with Gasteiger partial charge < -0.3 is 14.8 Å². The van der Waals surface area contributed by atoms with E-state index in [0.29, 0.717) is 11.8 Å². The summed E-state index contributed by atoms with van der Waals surface area (Å²) in [6.07, 6.45) is -3.30. The average molecular weight is 500 g/mol. The molecule has 1 N–H and O–H groups in total. The van der Waals surface area contributed by atoms with Gasteiger partial charge in [-0.2, -0.15) is 13.2 Å². The Labute approximate surface area is 194 Å². The number of esters is 1. The molecule has 1 aliphatic rings. The van der Waals surface area contributed by atoms with Crippen LogP contribution in [0.1, 0.15) is 26.7 Å². The Morgan fingerprint density at radius 2 is 1.88 bits per heavy atom. The lowest BCUT2D eigenvalue weighted by atomic mass is 10.0. The first-order chi connectivity index (χ1) is 16.1. The number of nitrogens with zero attached hydrogens (tertiary/aromatic N) is 1. The average Bonchev–Trinajstić information content (AvgIpc) is 3.19. The molecule has 2 atom stereocenters. The summed E-state index contributed by atoms with van der Waals surface area (Å²) in [6, 6.07) is 4.20. The van der Waals surface area contributed by atoms with Crippen molar-refractivity contribution in [3.63, 3.8) is 0 Å². The van der Waals surface area contributed by atoms with Gasteiger partial charge in [-0.15, -0.1) is 0 Å². The van der Waals surface area contributed by atoms with Crippen LogP contribution < -0.4 is 10.1 Å². The Morgan fingerprint density at radius 3 is 2.47 bits per heavy atom. The van der Waals surface area contributed by atoms with E-state index in [0.717, 1.165) is 43.5 Å². The molecule has 0 fully saturated rings. The Bertz CT molecular complexity index is 1130. The van der Waals surface area contributed by atoms with Gasteiger partial charge in [-0.3, -0.25) is 4.79 Å². The van der Waals surface area contributed by atoms with E-state index < -0.39 is 52.1 Å². The molecule has 6 nitrogen and oxygen atoms in total. The second-order valence-corrected chi connectivity index (χ2v) is 7.97. The zero-order chi connectivity index (χ0) is 25.0. The third kappa shape index (κ3) is 5.38. The molecule has 2 aromatic rings. The zero-order valence-electron chi connectivity index (χ0n) is 17.5. The predicted octanol–water partition coefficient (Wildman–Crippen LogP) is 4.66. The highest BCUT2D eigenvalue weighted by Crippen LogP contribution is 2.45. The second kappa shape index (κ2) is 10.2. The van der Waals surface area contributed by atoms with Crippen LogP contribution in [0.25, 0.3) is 0 Å². The first-order valence-electron chi connectivity index (χ1n) is 9.59. The van der Waals surface area contributed by atoms with Crippen LogP contribution in [0, 0.1) is 11.6 Å². The number of hydrogen-bond acceptors (Lipinski definition) is 6. The minimum atomic E-state index is -4.68. The van der Waals surface area contributed by atoms with E-state index in [4.69, 9.17) is 9.47 Å². The Balaban J connectivity index is 1.98. The van der Waals surface area contributed by atoms with Crippen LogP contribution in [-0.4, -0.2) is 36.8 Å². The topological polar surface area (TPSA) is 77.0 Å². The molecule has 2 unspecified atom stereocenters. The first-order valence-corrected chi connectivity index (χ1v) is 10.5. The van der Waals surface area contributed by atoms with E-state index >= 15 is 0 Å². The van der Waals surface area contributed by atoms with Crippen LogP contribution in [0.3, 0.4) is 0 Å². The van der Waals surface area contributed by atoms with Gasteiger partial charge in [0.25, 0.3) is 5.91 Å². The summed E-state index contributed by atoms with van der Waals surface area (Å²) in [5, 5.41) is 0.863. The number of alkyl halides is 3. The number of halogens is 5. The fourth-order valence-corrected chi connectivity index (χ4v) is 4.28. The van der Waals surface area contributed by atoms with Crippen molar-refractivity contribution in [1.29, 1.82) is 0 Å². The number of nitrogens with one attached hydrogen (secondary N) is 1. The van der Waals surface area contributed by atoms with Crippen molar-refractivity contribution in [1.82, 2.24) is 5.32 Å². The van der Waals surface area contributed by atoms with Crippen LogP contribution in [0.15, 0.2) is 54.0 Å². The maximum absolute atomic E-state index is 14.0. The van der Waals surface area contributed by atoms with E-state index in [1.54, 1.807) is 0 Å².